The number of rotatable bonds is 15. The number of ketones is 2. The van der Waals surface area contributed by atoms with Crippen LogP contribution >= 0.6 is 11.3 Å². The van der Waals surface area contributed by atoms with Gasteiger partial charge in [0.2, 0.25) is 11.8 Å². The topological polar surface area (TPSA) is 157 Å². The van der Waals surface area contributed by atoms with Crippen molar-refractivity contribution in [1.82, 2.24) is 25.4 Å². The van der Waals surface area contributed by atoms with E-state index in [9.17, 15) is 19.2 Å². The number of carbonyl (C=O) groups excluding carboxylic acids is 4. The summed E-state index contributed by atoms with van der Waals surface area (Å²) >= 11 is 1.80. The van der Waals surface area contributed by atoms with Gasteiger partial charge in [0.1, 0.15) is 17.4 Å². The van der Waals surface area contributed by atoms with Crippen molar-refractivity contribution >= 4 is 46.1 Å². The maximum absolute atomic E-state index is 11.9. The van der Waals surface area contributed by atoms with Crippen molar-refractivity contribution in [3.63, 3.8) is 0 Å². The second-order valence-corrected chi connectivity index (χ2v) is 17.0. The maximum Gasteiger partial charge on any atom is 0.229 e. The highest BCUT2D eigenvalue weighted by atomic mass is 32.1. The van der Waals surface area contributed by atoms with E-state index < -0.39 is 0 Å². The van der Waals surface area contributed by atoms with Crippen LogP contribution in [-0.4, -0.2) is 70.2 Å². The number of allylic oxidation sites excluding steroid dienone is 2. The van der Waals surface area contributed by atoms with Crippen molar-refractivity contribution in [2.75, 3.05) is 31.6 Å². The zero-order valence-corrected chi connectivity index (χ0v) is 38.1. The predicted octanol–water partition coefficient (Wildman–Crippen LogP) is 8.96. The molecule has 1 unspecified atom stereocenters. The SMILES string of the molecule is CC(=O)c1cccc(NCCOCCCCNC(C)=C2CCC2)c1C(C)=O.CCC1CCC(=O)NC1=O.CCc1ccc(C2=NCc3nnc(C)n3-c3sc(C)c(C)c32)cc1. The first kappa shape index (κ1) is 46.8. The Balaban J connectivity index is 0.000000190. The van der Waals surface area contributed by atoms with E-state index in [-0.39, 0.29) is 29.3 Å². The van der Waals surface area contributed by atoms with Crippen molar-refractivity contribution in [3.05, 3.63) is 104 Å². The third-order valence-corrected chi connectivity index (χ3v) is 12.7. The Labute approximate surface area is 365 Å². The van der Waals surface area contributed by atoms with Gasteiger partial charge < -0.3 is 15.4 Å². The molecule has 2 aromatic carbocycles. The molecule has 4 heterocycles. The molecule has 1 saturated carbocycles. The summed E-state index contributed by atoms with van der Waals surface area (Å²) in [7, 11) is 0. The number of fused-ring (bicyclic) bond motifs is 3. The average Bonchev–Trinajstić information content (AvgIpc) is 3.67. The number of amides is 2. The lowest BCUT2D eigenvalue weighted by Crippen LogP contribution is -2.40. The van der Waals surface area contributed by atoms with Crippen molar-refractivity contribution < 1.29 is 23.9 Å². The summed E-state index contributed by atoms with van der Waals surface area (Å²) in [6, 6.07) is 14.1. The van der Waals surface area contributed by atoms with E-state index in [4.69, 9.17) is 9.73 Å². The van der Waals surface area contributed by atoms with Crippen LogP contribution in [0.1, 0.15) is 145 Å². The standard InChI is InChI=1S/C22H32N2O3.C19H20N4S.C7H11NO2/c1-16(19-8-6-9-19)23-12-4-5-14-27-15-13-24-21-11-7-10-20(17(2)25)22(21)18(3)26;1-5-14-6-8-15(9-7-14)18-17-11(2)12(3)24-19(17)23-13(4)21-22-16(23)10-20-18;1-2-5-3-4-6(9)8-7(5)10/h7,10-11,23-24H,4-6,8-9,12-15H2,1-3H3;6-9H,5,10H2,1-4H3;5H,2-4H2,1H3,(H,8,9,10). The quantitative estimate of drug-likeness (QED) is 0.0604. The lowest BCUT2D eigenvalue weighted by Gasteiger charge is -2.20. The highest BCUT2D eigenvalue weighted by molar-refractivity contribution is 7.15. The zero-order valence-electron chi connectivity index (χ0n) is 37.3. The Morgan fingerprint density at radius 2 is 1.67 bits per heavy atom. The van der Waals surface area contributed by atoms with Gasteiger partial charge in [-0.05, 0) is 110 Å². The molecule has 3 aliphatic rings. The van der Waals surface area contributed by atoms with Gasteiger partial charge >= 0.3 is 0 Å². The molecule has 0 radical (unpaired) electrons. The number of imide groups is 1. The van der Waals surface area contributed by atoms with Gasteiger partial charge in [-0.3, -0.25) is 34.1 Å². The van der Waals surface area contributed by atoms with Gasteiger partial charge in [0.25, 0.3) is 0 Å². The first-order valence-corrected chi connectivity index (χ1v) is 22.5. The summed E-state index contributed by atoms with van der Waals surface area (Å²) in [4.78, 5) is 51.4. The van der Waals surface area contributed by atoms with Gasteiger partial charge in [0.15, 0.2) is 17.4 Å². The molecule has 12 nitrogen and oxygen atoms in total. The largest absolute Gasteiger partial charge is 0.389 e. The molecule has 1 aliphatic carbocycles. The molecule has 13 heteroatoms. The number of ether oxygens (including phenoxy) is 1. The van der Waals surface area contributed by atoms with Gasteiger partial charge in [-0.25, -0.2) is 0 Å². The summed E-state index contributed by atoms with van der Waals surface area (Å²) in [5.41, 5.74) is 10.7. The summed E-state index contributed by atoms with van der Waals surface area (Å²) in [5, 5.41) is 18.8. The predicted molar refractivity (Wildman–Crippen MR) is 244 cm³/mol. The first-order valence-electron chi connectivity index (χ1n) is 21.7. The average molecular weight is 850 g/mol. The molecular weight excluding hydrogens is 787 g/mol. The number of anilines is 1. The molecule has 2 amide bonds. The molecule has 0 spiro atoms. The van der Waals surface area contributed by atoms with Crippen LogP contribution in [0.2, 0.25) is 0 Å². The van der Waals surface area contributed by atoms with E-state index >= 15 is 0 Å². The van der Waals surface area contributed by atoms with Crippen molar-refractivity contribution in [2.24, 2.45) is 10.9 Å². The number of Topliss-reactive ketones (excluding diaryl/α,β-unsaturated/α-hetero) is 2. The number of hydrogen-bond acceptors (Lipinski definition) is 11. The Kier molecular flexibility index (Phi) is 17.3. The van der Waals surface area contributed by atoms with Crippen LogP contribution in [0.4, 0.5) is 5.69 Å². The summed E-state index contributed by atoms with van der Waals surface area (Å²) in [6.45, 7) is 19.1. The minimum absolute atomic E-state index is 0.0673. The van der Waals surface area contributed by atoms with E-state index in [0.29, 0.717) is 42.9 Å². The number of piperidine rings is 1. The highest BCUT2D eigenvalue weighted by Crippen LogP contribution is 2.36. The molecule has 61 heavy (non-hydrogen) atoms. The van der Waals surface area contributed by atoms with Gasteiger partial charge in [-0.15, -0.1) is 21.5 Å². The van der Waals surface area contributed by atoms with Gasteiger partial charge in [-0.1, -0.05) is 55.8 Å². The number of carbonyl (C=O) groups is 4. The van der Waals surface area contributed by atoms with Gasteiger partial charge in [0, 0.05) is 65.0 Å². The van der Waals surface area contributed by atoms with Crippen molar-refractivity contribution in [2.45, 2.75) is 120 Å². The number of nitrogens with one attached hydrogen (secondary N) is 3. The van der Waals surface area contributed by atoms with Gasteiger partial charge in [0.05, 0.1) is 17.9 Å². The van der Waals surface area contributed by atoms with Crippen LogP contribution in [0.25, 0.3) is 5.00 Å². The third-order valence-electron chi connectivity index (χ3n) is 11.5. The third kappa shape index (κ3) is 12.2. The second kappa shape index (κ2) is 22.5. The molecule has 3 N–H and O–H groups in total. The number of aliphatic imine (C=N–C) groups is 1. The van der Waals surface area contributed by atoms with Crippen molar-refractivity contribution in [1.29, 1.82) is 0 Å². The molecule has 7 rings (SSSR count). The number of hydrogen-bond donors (Lipinski definition) is 3. The summed E-state index contributed by atoms with van der Waals surface area (Å²) in [5.74, 6) is 1.47. The van der Waals surface area contributed by atoms with Crippen LogP contribution in [0.15, 0.2) is 58.7 Å². The summed E-state index contributed by atoms with van der Waals surface area (Å²) in [6.07, 6.45) is 9.08. The molecule has 1 atom stereocenters. The fourth-order valence-electron chi connectivity index (χ4n) is 7.50. The monoisotopic (exact) mass is 849 g/mol. The number of aromatic nitrogens is 3. The number of nitrogens with zero attached hydrogens (tertiary/aromatic N) is 4. The van der Waals surface area contributed by atoms with Crippen LogP contribution in [-0.2, 0) is 27.3 Å². The number of benzene rings is 2. The molecule has 1 saturated heterocycles. The van der Waals surface area contributed by atoms with E-state index in [0.717, 1.165) is 62.6 Å². The lowest BCUT2D eigenvalue weighted by atomic mass is 9.91. The maximum atomic E-state index is 11.9. The van der Waals surface area contributed by atoms with Crippen molar-refractivity contribution in [3.8, 4) is 5.00 Å². The Bertz CT molecular complexity index is 2250. The molecule has 0 bridgehead atoms. The molecule has 2 aliphatic heterocycles. The molecule has 326 valence electrons. The Hall–Kier alpha value is -5.27. The summed E-state index contributed by atoms with van der Waals surface area (Å²) < 4.78 is 7.83. The van der Waals surface area contributed by atoms with E-state index in [2.05, 4.69) is 82.7 Å². The van der Waals surface area contributed by atoms with Crippen LogP contribution < -0.4 is 16.0 Å². The number of thiophene rings is 1. The molecule has 4 aromatic rings. The van der Waals surface area contributed by atoms with Gasteiger partial charge in [-0.2, -0.15) is 0 Å². The number of aryl methyl sites for hydroxylation is 3. The smallest absolute Gasteiger partial charge is 0.229 e. The first-order chi connectivity index (χ1) is 29.3. The Morgan fingerprint density at radius 3 is 2.31 bits per heavy atom. The molecule has 2 aromatic heterocycles. The fourth-order valence-corrected chi connectivity index (χ4v) is 8.73. The molecule has 2 fully saturated rings. The minimum Gasteiger partial charge on any atom is -0.389 e. The van der Waals surface area contributed by atoms with Crippen LogP contribution in [0.5, 0.6) is 0 Å². The lowest BCUT2D eigenvalue weighted by molar-refractivity contribution is -0.136. The minimum atomic E-state index is -0.130. The molecular formula is C48H63N7O5S. The Morgan fingerprint density at radius 1 is 0.918 bits per heavy atom. The fraction of sp³-hybridized carbons (Fsp3) is 0.479. The van der Waals surface area contributed by atoms with Crippen LogP contribution in [0, 0.1) is 26.7 Å². The highest BCUT2D eigenvalue weighted by Gasteiger charge is 2.27. The van der Waals surface area contributed by atoms with E-state index in [1.807, 2.05) is 19.9 Å². The second-order valence-electron chi connectivity index (χ2n) is 15.8. The van der Waals surface area contributed by atoms with E-state index in [1.54, 1.807) is 29.0 Å². The van der Waals surface area contributed by atoms with E-state index in [1.165, 1.54) is 70.9 Å². The zero-order chi connectivity index (χ0) is 44.1. The van der Waals surface area contributed by atoms with Crippen LogP contribution in [0.3, 0.4) is 0 Å². The normalized spacial score (nSPS) is 15.3. The number of unbranched alkanes of at least 4 members (excludes halogenated alkanes) is 1.